The maximum atomic E-state index is 14.9. The minimum atomic E-state index is -1.02. The molecule has 2 aromatic carbocycles. The normalized spacial score (nSPS) is 11.6. The van der Waals surface area contributed by atoms with E-state index in [4.69, 9.17) is 42.1 Å². The van der Waals surface area contributed by atoms with Crippen LogP contribution in [0.15, 0.2) is 48.8 Å². The number of pyridine rings is 1. The first kappa shape index (κ1) is 32.5. The lowest BCUT2D eigenvalue weighted by Gasteiger charge is -2.21. The number of benzene rings is 2. The van der Waals surface area contributed by atoms with Crippen molar-refractivity contribution < 1.29 is 37.7 Å². The molecule has 3 aromatic rings. The first-order valence-corrected chi connectivity index (χ1v) is 12.4. The smallest absolute Gasteiger partial charge is 0.412 e. The molecule has 0 aliphatic heterocycles. The molecule has 3 rings (SSSR count). The van der Waals surface area contributed by atoms with E-state index in [0.717, 1.165) is 18.5 Å². The van der Waals surface area contributed by atoms with Gasteiger partial charge >= 0.3 is 12.1 Å². The summed E-state index contributed by atoms with van der Waals surface area (Å²) in [4.78, 5) is 25.1. The van der Waals surface area contributed by atoms with E-state index >= 15 is 0 Å². The Kier molecular flexibility index (Phi) is 11.0. The van der Waals surface area contributed by atoms with Crippen LogP contribution in [0.2, 0.25) is 10.0 Å². The second-order valence-corrected chi connectivity index (χ2v) is 10.1. The van der Waals surface area contributed by atoms with E-state index in [1.54, 1.807) is 39.0 Å². The Morgan fingerprint density at radius 2 is 1.65 bits per heavy atom. The molecule has 0 saturated carbocycles. The highest BCUT2D eigenvalue weighted by Gasteiger charge is 2.26. The number of methoxy groups -OCH3 is 2. The van der Waals surface area contributed by atoms with Crippen LogP contribution in [0, 0.1) is 11.0 Å². The first-order valence-electron chi connectivity index (χ1n) is 11.6. The molecule has 0 bridgehead atoms. The Labute approximate surface area is 242 Å². The average Bonchev–Trinajstić information content (AvgIpc) is 2.83. The summed E-state index contributed by atoms with van der Waals surface area (Å²) < 4.78 is 36.9. The molecule has 0 saturated heterocycles. The fourth-order valence-corrected chi connectivity index (χ4v) is 4.16. The molecular formula is C28H31Cl2FN2O7. The summed E-state index contributed by atoms with van der Waals surface area (Å²) in [6, 6.07) is 8.35. The molecule has 0 aliphatic carbocycles. The van der Waals surface area contributed by atoms with Crippen LogP contribution in [0.4, 0.5) is 14.9 Å². The van der Waals surface area contributed by atoms with Crippen molar-refractivity contribution in [1.29, 1.82) is 0 Å². The van der Waals surface area contributed by atoms with Crippen LogP contribution in [0.5, 0.6) is 11.5 Å². The molecule has 0 aliphatic rings. The summed E-state index contributed by atoms with van der Waals surface area (Å²) in [6.45, 7) is 5.07. The number of esters is 1. The van der Waals surface area contributed by atoms with Gasteiger partial charge in [-0.05, 0) is 56.7 Å². The molecule has 0 unspecified atom stereocenters. The summed E-state index contributed by atoms with van der Waals surface area (Å²) in [6.07, 6.45) is 0.397. The average molecular weight is 597 g/mol. The van der Waals surface area contributed by atoms with Crippen LogP contribution in [0.1, 0.15) is 55.8 Å². The molecule has 216 valence electrons. The highest BCUT2D eigenvalue weighted by Crippen LogP contribution is 2.35. The van der Waals surface area contributed by atoms with Crippen molar-refractivity contribution in [3.05, 3.63) is 86.6 Å². The zero-order valence-electron chi connectivity index (χ0n) is 21.8. The Bertz CT molecular complexity index is 1360. The SMILES string of the molecule is C.COc1ccc([C@H](Cc2c(Cl)c[n+]([O-])cc2Cl)OC(=O)c2ccc(NC(=O)OC(C)(C)C)cc2F)cc1OC. The monoisotopic (exact) mass is 596 g/mol. The first-order chi connectivity index (χ1) is 18.3. The van der Waals surface area contributed by atoms with Crippen LogP contribution in [0.25, 0.3) is 0 Å². The summed E-state index contributed by atoms with van der Waals surface area (Å²) in [5.74, 6) is -1.11. The molecule has 1 atom stereocenters. The molecule has 9 nitrogen and oxygen atoms in total. The summed E-state index contributed by atoms with van der Waals surface area (Å²) in [5.41, 5.74) is -0.225. The van der Waals surface area contributed by atoms with Gasteiger partial charge in [-0.3, -0.25) is 5.32 Å². The van der Waals surface area contributed by atoms with E-state index in [-0.39, 0.29) is 35.1 Å². The standard InChI is InChI=1S/C27H27Cl2FN2O7.CH4/c1-27(2,3)39-26(34)31-16-7-8-17(21(30)11-16)25(33)38-23(12-18-19(28)13-32(35)14-20(18)29)15-6-9-22(36-4)24(10-15)37-5;/h6-11,13-14,23H,12H2,1-5H3,(H,31,34);1H4/t23-;/m0./s1. The molecule has 0 radical (unpaired) electrons. The fraction of sp³-hybridized carbons (Fsp3) is 0.321. The number of ether oxygens (including phenoxy) is 4. The molecule has 1 amide bonds. The highest BCUT2D eigenvalue weighted by molar-refractivity contribution is 6.35. The van der Waals surface area contributed by atoms with Crippen molar-refractivity contribution in [2.45, 2.75) is 46.3 Å². The third-order valence-electron chi connectivity index (χ3n) is 5.31. The van der Waals surface area contributed by atoms with E-state index in [9.17, 15) is 19.2 Å². The van der Waals surface area contributed by atoms with Crippen molar-refractivity contribution in [3.63, 3.8) is 0 Å². The zero-order valence-corrected chi connectivity index (χ0v) is 23.4. The maximum absolute atomic E-state index is 14.9. The topological polar surface area (TPSA) is 110 Å². The van der Waals surface area contributed by atoms with Gasteiger partial charge in [-0.15, -0.1) is 0 Å². The third kappa shape index (κ3) is 8.37. The number of aromatic nitrogens is 1. The van der Waals surface area contributed by atoms with Gasteiger partial charge in [0, 0.05) is 17.7 Å². The molecule has 40 heavy (non-hydrogen) atoms. The number of halogens is 3. The van der Waals surface area contributed by atoms with Crippen LogP contribution in [-0.2, 0) is 15.9 Å². The van der Waals surface area contributed by atoms with Gasteiger partial charge in [-0.2, -0.15) is 4.73 Å². The minimum Gasteiger partial charge on any atom is -0.619 e. The molecule has 0 spiro atoms. The molecule has 1 N–H and O–H groups in total. The van der Waals surface area contributed by atoms with Crippen molar-refractivity contribution in [2.24, 2.45) is 0 Å². The van der Waals surface area contributed by atoms with E-state index in [2.05, 4.69) is 5.32 Å². The van der Waals surface area contributed by atoms with Crippen molar-refractivity contribution in [1.82, 2.24) is 0 Å². The Hall–Kier alpha value is -3.76. The number of carbonyl (C=O) groups is 2. The number of hydrogen-bond donors (Lipinski definition) is 1. The van der Waals surface area contributed by atoms with E-state index < -0.39 is 29.6 Å². The molecule has 0 fully saturated rings. The van der Waals surface area contributed by atoms with Gasteiger partial charge < -0.3 is 24.2 Å². The van der Waals surface area contributed by atoms with E-state index in [0.29, 0.717) is 27.4 Å². The quantitative estimate of drug-likeness (QED) is 0.171. The molecule has 12 heteroatoms. The number of rotatable bonds is 8. The third-order valence-corrected chi connectivity index (χ3v) is 5.96. The van der Waals surface area contributed by atoms with Gasteiger partial charge in [0.25, 0.3) is 0 Å². The van der Waals surface area contributed by atoms with Crippen molar-refractivity contribution in [2.75, 3.05) is 19.5 Å². The number of nitrogens with one attached hydrogen (secondary N) is 1. The summed E-state index contributed by atoms with van der Waals surface area (Å²) in [7, 11) is 2.92. The lowest BCUT2D eigenvalue weighted by molar-refractivity contribution is -0.605. The van der Waals surface area contributed by atoms with Gasteiger partial charge in [-0.1, -0.05) is 36.7 Å². The van der Waals surface area contributed by atoms with Gasteiger partial charge in [0.2, 0.25) is 0 Å². The predicted octanol–water partition coefficient (Wildman–Crippen LogP) is 6.91. The van der Waals surface area contributed by atoms with Gasteiger partial charge in [0.05, 0.1) is 19.8 Å². The molecule has 1 heterocycles. The Morgan fingerprint density at radius 1 is 1.02 bits per heavy atom. The van der Waals surface area contributed by atoms with Gasteiger partial charge in [0.1, 0.15) is 27.6 Å². The Balaban J connectivity index is 0.00000560. The lowest BCUT2D eigenvalue weighted by Crippen LogP contribution is -2.27. The van der Waals surface area contributed by atoms with Gasteiger partial charge in [-0.25, -0.2) is 14.0 Å². The second-order valence-electron chi connectivity index (χ2n) is 9.33. The minimum absolute atomic E-state index is 0. The lowest BCUT2D eigenvalue weighted by atomic mass is 10.0. The van der Waals surface area contributed by atoms with Crippen molar-refractivity contribution in [3.8, 4) is 11.5 Å². The van der Waals surface area contributed by atoms with E-state index in [1.165, 1.54) is 26.4 Å². The number of anilines is 1. The van der Waals surface area contributed by atoms with Gasteiger partial charge in [0.15, 0.2) is 23.9 Å². The van der Waals surface area contributed by atoms with Crippen LogP contribution in [-0.4, -0.2) is 31.9 Å². The van der Waals surface area contributed by atoms with Crippen LogP contribution >= 0.6 is 23.2 Å². The summed E-state index contributed by atoms with van der Waals surface area (Å²) >= 11 is 12.5. The van der Waals surface area contributed by atoms with Crippen LogP contribution < -0.4 is 19.5 Å². The number of hydrogen-bond acceptors (Lipinski definition) is 7. The van der Waals surface area contributed by atoms with Crippen molar-refractivity contribution >= 4 is 41.0 Å². The number of amides is 1. The summed E-state index contributed by atoms with van der Waals surface area (Å²) in [5, 5.41) is 14.2. The maximum Gasteiger partial charge on any atom is 0.412 e. The number of nitrogens with zero attached hydrogens (tertiary/aromatic N) is 1. The number of carbonyl (C=O) groups excluding carboxylic acids is 2. The fourth-order valence-electron chi connectivity index (χ4n) is 3.56. The highest BCUT2D eigenvalue weighted by atomic mass is 35.5. The molecular weight excluding hydrogens is 566 g/mol. The zero-order chi connectivity index (χ0) is 28.9. The molecule has 1 aromatic heterocycles. The Morgan fingerprint density at radius 3 is 2.20 bits per heavy atom. The largest absolute Gasteiger partial charge is 0.619 e. The van der Waals surface area contributed by atoms with E-state index in [1.807, 2.05) is 0 Å². The van der Waals surface area contributed by atoms with Crippen LogP contribution in [0.3, 0.4) is 0 Å². The second kappa shape index (κ2) is 13.5. The predicted molar refractivity (Wildman–Crippen MR) is 150 cm³/mol.